The number of ether oxygens (including phenoxy) is 1. The third-order valence-corrected chi connectivity index (χ3v) is 3.53. The molecule has 3 atom stereocenters. The second kappa shape index (κ2) is 3.38. The lowest BCUT2D eigenvalue weighted by molar-refractivity contribution is -0.0107. The summed E-state index contributed by atoms with van der Waals surface area (Å²) in [6.07, 6.45) is 4.13. The van der Waals surface area contributed by atoms with Gasteiger partial charge in [0.15, 0.2) is 0 Å². The van der Waals surface area contributed by atoms with Gasteiger partial charge in [-0.2, -0.15) is 13.1 Å². The number of fused-ring (bicyclic) bond motifs is 2. The fourth-order valence-corrected chi connectivity index (χ4v) is 3.08. The van der Waals surface area contributed by atoms with Crippen molar-refractivity contribution in [2.75, 3.05) is 0 Å². The molecule has 2 saturated heterocycles. The highest BCUT2D eigenvalue weighted by Crippen LogP contribution is 2.32. The van der Waals surface area contributed by atoms with Crippen molar-refractivity contribution in [3.8, 4) is 0 Å². The van der Waals surface area contributed by atoms with E-state index in [4.69, 9.17) is 15.4 Å². The zero-order chi connectivity index (χ0) is 9.47. The molecule has 2 aliphatic rings. The van der Waals surface area contributed by atoms with Gasteiger partial charge in [-0.1, -0.05) is 0 Å². The minimum atomic E-state index is -3.61. The van der Waals surface area contributed by atoms with Gasteiger partial charge in [0, 0.05) is 16.7 Å². The predicted molar refractivity (Wildman–Crippen MR) is 48.8 cm³/mol. The Balaban J connectivity index is 2.00. The number of hydrogen-bond acceptors (Lipinski definition) is 3. The molecule has 2 fully saturated rings. The van der Waals surface area contributed by atoms with Crippen LogP contribution in [0.5, 0.6) is 0 Å². The standard InChI is InChI=1S/C7H12ClNO3S/c8-13(10,11)9-6-3-1-5-2-4-7(6)12-5/h5-7,9H,1-4H2. The van der Waals surface area contributed by atoms with Crippen molar-refractivity contribution < 1.29 is 13.2 Å². The van der Waals surface area contributed by atoms with Crippen LogP contribution in [0.25, 0.3) is 0 Å². The van der Waals surface area contributed by atoms with E-state index in [1.807, 2.05) is 0 Å². The van der Waals surface area contributed by atoms with E-state index in [0.717, 1.165) is 25.7 Å². The molecular weight excluding hydrogens is 214 g/mol. The summed E-state index contributed by atoms with van der Waals surface area (Å²) in [7, 11) is 1.50. The molecule has 0 saturated carbocycles. The van der Waals surface area contributed by atoms with Crippen molar-refractivity contribution in [1.29, 1.82) is 0 Å². The first kappa shape index (κ1) is 9.71. The minimum Gasteiger partial charge on any atom is -0.373 e. The van der Waals surface area contributed by atoms with Crippen LogP contribution in [0.4, 0.5) is 0 Å². The van der Waals surface area contributed by atoms with Crippen molar-refractivity contribution >= 4 is 19.9 Å². The van der Waals surface area contributed by atoms with Gasteiger partial charge in [0.25, 0.3) is 9.24 Å². The number of rotatable bonds is 2. The van der Waals surface area contributed by atoms with Crippen molar-refractivity contribution in [1.82, 2.24) is 4.72 Å². The largest absolute Gasteiger partial charge is 0.373 e. The molecule has 0 spiro atoms. The molecule has 0 radical (unpaired) electrons. The summed E-state index contributed by atoms with van der Waals surface area (Å²) in [4.78, 5) is 0. The maximum Gasteiger partial charge on any atom is 0.297 e. The Morgan fingerprint density at radius 1 is 1.23 bits per heavy atom. The second-order valence-electron chi connectivity index (χ2n) is 3.61. The summed E-state index contributed by atoms with van der Waals surface area (Å²) in [5, 5.41) is 0. The Kier molecular flexibility index (Phi) is 2.53. The van der Waals surface area contributed by atoms with Crippen molar-refractivity contribution in [2.45, 2.75) is 43.9 Å². The smallest absolute Gasteiger partial charge is 0.297 e. The van der Waals surface area contributed by atoms with E-state index >= 15 is 0 Å². The van der Waals surface area contributed by atoms with Crippen LogP contribution in [0.3, 0.4) is 0 Å². The van der Waals surface area contributed by atoms with Gasteiger partial charge in [-0.05, 0) is 25.7 Å². The maximum absolute atomic E-state index is 10.8. The van der Waals surface area contributed by atoms with Crippen LogP contribution in [0, 0.1) is 0 Å². The van der Waals surface area contributed by atoms with E-state index in [2.05, 4.69) is 4.72 Å². The van der Waals surface area contributed by atoms with E-state index in [0.29, 0.717) is 6.10 Å². The van der Waals surface area contributed by atoms with E-state index in [-0.39, 0.29) is 12.1 Å². The van der Waals surface area contributed by atoms with Crippen molar-refractivity contribution in [3.05, 3.63) is 0 Å². The van der Waals surface area contributed by atoms with Crippen LogP contribution in [-0.4, -0.2) is 26.7 Å². The highest BCUT2D eigenvalue weighted by atomic mass is 35.7. The normalized spacial score (nSPS) is 39.3. The highest BCUT2D eigenvalue weighted by molar-refractivity contribution is 8.12. The summed E-state index contributed by atoms with van der Waals surface area (Å²) in [6, 6.07) is -0.124. The third-order valence-electron chi connectivity index (χ3n) is 2.68. The molecule has 4 nitrogen and oxygen atoms in total. The van der Waals surface area contributed by atoms with E-state index < -0.39 is 9.24 Å². The SMILES string of the molecule is O=S(=O)(Cl)NC1CCC2CCC1O2. The van der Waals surface area contributed by atoms with Gasteiger partial charge in [-0.25, -0.2) is 0 Å². The van der Waals surface area contributed by atoms with Crippen LogP contribution in [0.1, 0.15) is 25.7 Å². The summed E-state index contributed by atoms with van der Waals surface area (Å²) < 4.78 is 29.5. The van der Waals surface area contributed by atoms with E-state index in [1.54, 1.807) is 0 Å². The first-order valence-electron chi connectivity index (χ1n) is 4.42. The summed E-state index contributed by atoms with van der Waals surface area (Å²) in [5.74, 6) is 0. The number of halogens is 1. The number of hydrogen-bond donors (Lipinski definition) is 1. The summed E-state index contributed by atoms with van der Waals surface area (Å²) in [5.41, 5.74) is 0. The van der Waals surface area contributed by atoms with Gasteiger partial charge in [0.1, 0.15) is 0 Å². The third kappa shape index (κ3) is 2.34. The van der Waals surface area contributed by atoms with Gasteiger partial charge in [-0.15, -0.1) is 0 Å². The Labute approximate surface area is 82.1 Å². The molecule has 0 aromatic carbocycles. The predicted octanol–water partition coefficient (Wildman–Crippen LogP) is 0.770. The van der Waals surface area contributed by atoms with Gasteiger partial charge in [0.2, 0.25) is 0 Å². The molecule has 0 amide bonds. The van der Waals surface area contributed by atoms with Gasteiger partial charge < -0.3 is 4.74 Å². The Morgan fingerprint density at radius 3 is 2.62 bits per heavy atom. The van der Waals surface area contributed by atoms with E-state index in [9.17, 15) is 8.42 Å². The molecular formula is C7H12ClNO3S. The minimum absolute atomic E-state index is 0.0345. The topological polar surface area (TPSA) is 55.4 Å². The molecule has 6 heteroatoms. The molecule has 2 bridgehead atoms. The zero-order valence-electron chi connectivity index (χ0n) is 7.07. The average Bonchev–Trinajstić information content (AvgIpc) is 2.37. The van der Waals surface area contributed by atoms with Crippen molar-refractivity contribution in [2.24, 2.45) is 0 Å². The van der Waals surface area contributed by atoms with Crippen LogP contribution < -0.4 is 4.72 Å². The Morgan fingerprint density at radius 2 is 1.92 bits per heavy atom. The van der Waals surface area contributed by atoms with Crippen molar-refractivity contribution in [3.63, 3.8) is 0 Å². The van der Waals surface area contributed by atoms with Gasteiger partial charge >= 0.3 is 0 Å². The molecule has 0 aliphatic carbocycles. The molecule has 3 unspecified atom stereocenters. The molecule has 1 N–H and O–H groups in total. The molecule has 2 aliphatic heterocycles. The lowest BCUT2D eigenvalue weighted by atomic mass is 10.1. The quantitative estimate of drug-likeness (QED) is 0.707. The summed E-state index contributed by atoms with van der Waals surface area (Å²) >= 11 is 0. The molecule has 2 rings (SSSR count). The zero-order valence-corrected chi connectivity index (χ0v) is 8.64. The molecule has 2 heterocycles. The lowest BCUT2D eigenvalue weighted by Crippen LogP contribution is -2.44. The molecule has 13 heavy (non-hydrogen) atoms. The Hall–Kier alpha value is 0.160. The van der Waals surface area contributed by atoms with E-state index in [1.165, 1.54) is 0 Å². The highest BCUT2D eigenvalue weighted by Gasteiger charge is 2.38. The molecule has 76 valence electrons. The molecule has 0 aromatic heterocycles. The molecule has 0 aromatic rings. The monoisotopic (exact) mass is 225 g/mol. The first-order chi connectivity index (χ1) is 6.04. The lowest BCUT2D eigenvalue weighted by Gasteiger charge is -2.28. The fraction of sp³-hybridized carbons (Fsp3) is 1.00. The maximum atomic E-state index is 10.8. The van der Waals surface area contributed by atoms with Crippen LogP contribution >= 0.6 is 10.7 Å². The fourth-order valence-electron chi connectivity index (χ4n) is 2.11. The van der Waals surface area contributed by atoms with Gasteiger partial charge in [-0.3, -0.25) is 0 Å². The summed E-state index contributed by atoms with van der Waals surface area (Å²) in [6.45, 7) is 0. The first-order valence-corrected chi connectivity index (χ1v) is 6.73. The van der Waals surface area contributed by atoms with Crippen LogP contribution in [0.15, 0.2) is 0 Å². The average molecular weight is 226 g/mol. The second-order valence-corrected chi connectivity index (χ2v) is 5.94. The van der Waals surface area contributed by atoms with Crippen LogP contribution in [0.2, 0.25) is 0 Å². The number of nitrogens with one attached hydrogen (secondary N) is 1. The van der Waals surface area contributed by atoms with Gasteiger partial charge in [0.05, 0.1) is 12.2 Å². The Bertz CT molecular complexity index is 292. The van der Waals surface area contributed by atoms with Crippen LogP contribution in [-0.2, 0) is 14.0 Å².